The molecule has 19 heteroatoms. The Balaban J connectivity index is 5.23. The van der Waals surface area contributed by atoms with Gasteiger partial charge in [0, 0.05) is 25.7 Å². The molecule has 2 unspecified atom stereocenters. The first-order valence-electron chi connectivity index (χ1n) is 39.5. The highest BCUT2D eigenvalue weighted by atomic mass is 31.2. The lowest BCUT2D eigenvalue weighted by atomic mass is 10.0. The highest BCUT2D eigenvalue weighted by Gasteiger charge is 2.30. The van der Waals surface area contributed by atoms with E-state index in [2.05, 4.69) is 41.5 Å². The maximum absolute atomic E-state index is 13.1. The molecule has 0 heterocycles. The Morgan fingerprint density at radius 3 is 0.716 bits per heavy atom. The zero-order chi connectivity index (χ0) is 70.0. The van der Waals surface area contributed by atoms with Crippen LogP contribution in [-0.4, -0.2) is 96.7 Å². The minimum Gasteiger partial charge on any atom is -0.462 e. The van der Waals surface area contributed by atoms with E-state index in [1.807, 2.05) is 0 Å². The van der Waals surface area contributed by atoms with Crippen LogP contribution in [0.2, 0.25) is 0 Å². The number of carbonyl (C=O) groups is 4. The quantitative estimate of drug-likeness (QED) is 0.0222. The Hall–Kier alpha value is -1.94. The molecular weight excluding hydrogens is 1250 g/mol. The van der Waals surface area contributed by atoms with Crippen molar-refractivity contribution in [2.75, 3.05) is 39.6 Å². The van der Waals surface area contributed by atoms with Crippen molar-refractivity contribution >= 4 is 39.5 Å². The van der Waals surface area contributed by atoms with Crippen molar-refractivity contribution in [2.24, 2.45) is 11.8 Å². The van der Waals surface area contributed by atoms with E-state index in [9.17, 15) is 43.2 Å². The van der Waals surface area contributed by atoms with Gasteiger partial charge in [-0.3, -0.25) is 37.3 Å². The SMILES string of the molecule is CCCCCCCCCCCCCCCCCCCCCC(=O)O[C@H](COC(=O)CCCCCCCCCCCC(C)C)COP(=O)(O)OC[C@@H](O)COP(=O)(O)OC[C@@H](COC(=O)CCCCCCCCCCCCCC)OC(=O)CCCCCCCCCCCC(C)C. The Bertz CT molecular complexity index is 1840. The number of phosphoric acid groups is 2. The van der Waals surface area contributed by atoms with E-state index in [0.717, 1.165) is 102 Å². The number of phosphoric ester groups is 2. The highest BCUT2D eigenvalue weighted by molar-refractivity contribution is 7.47. The second-order valence-electron chi connectivity index (χ2n) is 28.3. The molecule has 0 saturated carbocycles. The van der Waals surface area contributed by atoms with Crippen molar-refractivity contribution in [1.82, 2.24) is 0 Å². The van der Waals surface area contributed by atoms with Gasteiger partial charge in [-0.2, -0.15) is 0 Å². The van der Waals surface area contributed by atoms with Gasteiger partial charge in [-0.25, -0.2) is 9.13 Å². The number of esters is 4. The molecule has 5 atom stereocenters. The molecule has 17 nitrogen and oxygen atoms in total. The summed E-state index contributed by atoms with van der Waals surface area (Å²) in [5.41, 5.74) is 0. The molecule has 0 aliphatic rings. The number of ether oxygens (including phenoxy) is 4. The van der Waals surface area contributed by atoms with Gasteiger partial charge in [0.1, 0.15) is 19.3 Å². The van der Waals surface area contributed by atoms with Gasteiger partial charge in [0.2, 0.25) is 0 Å². The fraction of sp³-hybridized carbons (Fsp3) is 0.947. The summed E-state index contributed by atoms with van der Waals surface area (Å²) < 4.78 is 68.5. The van der Waals surface area contributed by atoms with Crippen LogP contribution in [0.1, 0.15) is 395 Å². The fourth-order valence-electron chi connectivity index (χ4n) is 11.7. The molecule has 564 valence electrons. The van der Waals surface area contributed by atoms with E-state index in [4.69, 9.17) is 37.0 Å². The maximum atomic E-state index is 13.1. The van der Waals surface area contributed by atoms with Crippen molar-refractivity contribution in [1.29, 1.82) is 0 Å². The highest BCUT2D eigenvalue weighted by Crippen LogP contribution is 2.45. The largest absolute Gasteiger partial charge is 0.472 e. The van der Waals surface area contributed by atoms with Gasteiger partial charge >= 0.3 is 39.5 Å². The molecule has 0 rings (SSSR count). The molecule has 0 spiro atoms. The minimum atomic E-state index is -4.96. The maximum Gasteiger partial charge on any atom is 0.472 e. The van der Waals surface area contributed by atoms with Crippen molar-refractivity contribution in [3.8, 4) is 0 Å². The Morgan fingerprint density at radius 1 is 0.284 bits per heavy atom. The number of hydrogen-bond acceptors (Lipinski definition) is 15. The van der Waals surface area contributed by atoms with E-state index in [1.165, 1.54) is 212 Å². The van der Waals surface area contributed by atoms with E-state index in [-0.39, 0.29) is 25.7 Å². The summed E-state index contributed by atoms with van der Waals surface area (Å²) in [6.07, 6.45) is 55.5. The Morgan fingerprint density at radius 2 is 0.484 bits per heavy atom. The van der Waals surface area contributed by atoms with Crippen LogP contribution in [0.15, 0.2) is 0 Å². The molecule has 95 heavy (non-hydrogen) atoms. The molecule has 3 N–H and O–H groups in total. The number of rotatable bonds is 75. The molecular formula is C76H148O17P2. The zero-order valence-corrected chi connectivity index (χ0v) is 63.8. The first kappa shape index (κ1) is 93.1. The number of unbranched alkanes of at least 4 members (excludes halogenated alkanes) is 45. The van der Waals surface area contributed by atoms with Crippen molar-refractivity contribution in [3.63, 3.8) is 0 Å². The first-order chi connectivity index (χ1) is 45.9. The molecule has 0 aliphatic carbocycles. The van der Waals surface area contributed by atoms with E-state index in [1.54, 1.807) is 0 Å². The van der Waals surface area contributed by atoms with E-state index in [0.29, 0.717) is 25.7 Å². The average Bonchev–Trinajstić information content (AvgIpc) is 1.66. The summed E-state index contributed by atoms with van der Waals surface area (Å²) in [5.74, 6) is -0.635. The lowest BCUT2D eigenvalue weighted by Crippen LogP contribution is -2.30. The molecule has 0 amide bonds. The number of carbonyl (C=O) groups excluding carboxylic acids is 4. The van der Waals surface area contributed by atoms with Crippen LogP contribution in [0.4, 0.5) is 0 Å². The lowest BCUT2D eigenvalue weighted by Gasteiger charge is -2.21. The topological polar surface area (TPSA) is 237 Å². The fourth-order valence-corrected chi connectivity index (χ4v) is 13.2. The van der Waals surface area contributed by atoms with Gasteiger partial charge in [0.15, 0.2) is 12.2 Å². The zero-order valence-electron chi connectivity index (χ0n) is 62.0. The van der Waals surface area contributed by atoms with Crippen LogP contribution < -0.4 is 0 Å². The van der Waals surface area contributed by atoms with Crippen molar-refractivity contribution < 1.29 is 80.2 Å². The second-order valence-corrected chi connectivity index (χ2v) is 31.3. The van der Waals surface area contributed by atoms with Crippen molar-refractivity contribution in [3.05, 3.63) is 0 Å². The molecule has 0 aromatic rings. The first-order valence-corrected chi connectivity index (χ1v) is 42.5. The summed E-state index contributed by atoms with van der Waals surface area (Å²) in [5, 5.41) is 10.6. The molecule has 0 aromatic carbocycles. The third-order valence-electron chi connectivity index (χ3n) is 17.7. The summed E-state index contributed by atoms with van der Waals surface area (Å²) in [7, 11) is -9.91. The van der Waals surface area contributed by atoms with Gasteiger partial charge in [-0.05, 0) is 37.5 Å². The predicted octanol–water partition coefficient (Wildman–Crippen LogP) is 22.3. The van der Waals surface area contributed by atoms with Gasteiger partial charge in [0.25, 0.3) is 0 Å². The summed E-state index contributed by atoms with van der Waals surface area (Å²) in [6, 6.07) is 0. The predicted molar refractivity (Wildman–Crippen MR) is 386 cm³/mol. The van der Waals surface area contributed by atoms with Gasteiger partial charge in [-0.1, -0.05) is 343 Å². The second kappa shape index (κ2) is 67.9. The van der Waals surface area contributed by atoms with Gasteiger partial charge in [-0.15, -0.1) is 0 Å². The standard InChI is InChI=1S/C76H148O17P2/c1-7-9-11-13-15-17-19-21-22-23-24-25-26-27-29-35-42-48-54-60-75(80)92-71(65-87-74(79)59-53-47-41-36-30-32-38-44-50-56-68(3)4)66-90-94(82,83)88-62-70(77)63-89-95(84,85)91-67-72(93-76(81)61-55-49-43-37-31-33-39-45-51-57-69(5)6)64-86-73(78)58-52-46-40-34-28-20-18-16-14-12-10-8-2/h68-72,77H,7-67H2,1-6H3,(H,82,83)(H,84,85)/t70-,71-,72-/m1/s1. The molecule has 0 aromatic heterocycles. The van der Waals surface area contributed by atoms with Crippen LogP contribution in [0, 0.1) is 11.8 Å². The third-order valence-corrected chi connectivity index (χ3v) is 19.6. The summed E-state index contributed by atoms with van der Waals surface area (Å²) >= 11 is 0. The average molecular weight is 1400 g/mol. The minimum absolute atomic E-state index is 0.106. The number of hydrogen-bond donors (Lipinski definition) is 3. The molecule has 0 saturated heterocycles. The Kier molecular flexibility index (Phi) is 66.5. The van der Waals surface area contributed by atoms with E-state index < -0.39 is 97.5 Å². The molecule has 0 bridgehead atoms. The normalized spacial score (nSPS) is 14.0. The monoisotopic (exact) mass is 1400 g/mol. The van der Waals surface area contributed by atoms with Crippen LogP contribution in [-0.2, 0) is 65.4 Å². The third kappa shape index (κ3) is 70.3. The molecule has 0 radical (unpaired) electrons. The van der Waals surface area contributed by atoms with E-state index >= 15 is 0 Å². The lowest BCUT2D eigenvalue weighted by molar-refractivity contribution is -0.161. The van der Waals surface area contributed by atoms with Crippen molar-refractivity contribution in [2.45, 2.75) is 413 Å². The van der Waals surface area contributed by atoms with Crippen LogP contribution in [0.3, 0.4) is 0 Å². The van der Waals surface area contributed by atoms with Gasteiger partial charge < -0.3 is 33.8 Å². The number of aliphatic hydroxyl groups is 1. The number of aliphatic hydroxyl groups excluding tert-OH is 1. The van der Waals surface area contributed by atoms with Crippen LogP contribution in [0.25, 0.3) is 0 Å². The smallest absolute Gasteiger partial charge is 0.462 e. The summed E-state index contributed by atoms with van der Waals surface area (Å²) in [4.78, 5) is 72.8. The Labute approximate surface area is 581 Å². The molecule has 0 fully saturated rings. The summed E-state index contributed by atoms with van der Waals surface area (Å²) in [6.45, 7) is 9.56. The molecule has 0 aliphatic heterocycles. The van der Waals surface area contributed by atoms with Crippen LogP contribution in [0.5, 0.6) is 0 Å². The van der Waals surface area contributed by atoms with Crippen LogP contribution >= 0.6 is 15.6 Å². The van der Waals surface area contributed by atoms with Gasteiger partial charge in [0.05, 0.1) is 26.4 Å².